The molecule has 1 N–H and O–H groups in total. The zero-order valence-electron chi connectivity index (χ0n) is 15.8. The lowest BCUT2D eigenvalue weighted by atomic mass is 9.74. The highest BCUT2D eigenvalue weighted by atomic mass is 32.1. The molecule has 0 spiro atoms. The van der Waals surface area contributed by atoms with E-state index in [9.17, 15) is 14.7 Å². The van der Waals surface area contributed by atoms with Crippen molar-refractivity contribution in [2.45, 2.75) is 72.0 Å². The largest absolute Gasteiger partial charge is 0.511 e. The minimum atomic E-state index is -0.229. The molecule has 0 aliphatic heterocycles. The van der Waals surface area contributed by atoms with Crippen LogP contribution in [0.3, 0.4) is 0 Å². The van der Waals surface area contributed by atoms with Gasteiger partial charge in [-0.25, -0.2) is 0 Å². The number of hydrogen-bond donors (Lipinski definition) is 2. The minimum absolute atomic E-state index is 0.0312. The van der Waals surface area contributed by atoms with Crippen LogP contribution in [-0.4, -0.2) is 16.7 Å². The molecule has 1 aromatic rings. The number of thiol groups is 1. The molecule has 1 aromatic carbocycles. The van der Waals surface area contributed by atoms with Crippen molar-refractivity contribution in [3.8, 4) is 0 Å². The Morgan fingerprint density at radius 1 is 1.00 bits per heavy atom. The van der Waals surface area contributed by atoms with Crippen LogP contribution in [0, 0.1) is 27.7 Å². The molecule has 0 radical (unpaired) electrons. The number of carbonyl (C=O) groups is 2. The summed E-state index contributed by atoms with van der Waals surface area (Å²) in [7, 11) is 0. The molecule has 4 heteroatoms. The topological polar surface area (TPSA) is 54.4 Å². The molecular formula is C21H28O3S. The van der Waals surface area contributed by atoms with Crippen LogP contribution in [-0.2, 0) is 15.3 Å². The molecule has 1 aliphatic rings. The molecule has 0 atom stereocenters. The van der Waals surface area contributed by atoms with Crippen LogP contribution >= 0.6 is 12.6 Å². The summed E-state index contributed by atoms with van der Waals surface area (Å²) in [6, 6.07) is 0. The molecule has 3 nitrogen and oxygen atoms in total. The first-order chi connectivity index (χ1) is 11.7. The van der Waals surface area contributed by atoms with Crippen LogP contribution in [0.25, 0.3) is 0 Å². The molecule has 0 unspecified atom stereocenters. The normalized spacial score (nSPS) is 18.0. The van der Waals surface area contributed by atoms with Crippen molar-refractivity contribution >= 4 is 24.2 Å². The third-order valence-electron chi connectivity index (χ3n) is 5.63. The smallest absolute Gasteiger partial charge is 0.170 e. The second-order valence-corrected chi connectivity index (χ2v) is 7.39. The Bertz CT molecular complexity index is 739. The molecule has 1 aliphatic carbocycles. The predicted molar refractivity (Wildman–Crippen MR) is 105 cm³/mol. The summed E-state index contributed by atoms with van der Waals surface area (Å²) >= 11 is 4.50. The molecule has 1 fully saturated rings. The van der Waals surface area contributed by atoms with Gasteiger partial charge in [-0.1, -0.05) is 6.92 Å². The van der Waals surface area contributed by atoms with Crippen LogP contribution in [0.15, 0.2) is 11.3 Å². The highest BCUT2D eigenvalue weighted by Gasteiger charge is 2.35. The minimum Gasteiger partial charge on any atom is -0.511 e. The highest BCUT2D eigenvalue weighted by Crippen LogP contribution is 2.40. The number of allylic oxidation sites excluding steroid dienone is 2. The lowest BCUT2D eigenvalue weighted by Gasteiger charge is -2.29. The van der Waals surface area contributed by atoms with Crippen molar-refractivity contribution in [2.24, 2.45) is 0 Å². The number of Topliss-reactive ketones (excluding diaryl/α,β-unsaturated/α-hetero) is 2. The van der Waals surface area contributed by atoms with Gasteiger partial charge in [0.25, 0.3) is 0 Å². The lowest BCUT2D eigenvalue weighted by Crippen LogP contribution is -2.27. The number of aliphatic hydroxyl groups excluding tert-OH is 1. The first-order valence-electron chi connectivity index (χ1n) is 8.92. The van der Waals surface area contributed by atoms with Gasteiger partial charge in [0, 0.05) is 25.0 Å². The second kappa shape index (κ2) is 7.77. The fourth-order valence-corrected chi connectivity index (χ4v) is 4.35. The van der Waals surface area contributed by atoms with Gasteiger partial charge in [-0.05, 0) is 73.4 Å². The first-order valence-corrected chi connectivity index (χ1v) is 9.56. The second-order valence-electron chi connectivity index (χ2n) is 7.07. The van der Waals surface area contributed by atoms with Crippen LogP contribution < -0.4 is 0 Å². The fourth-order valence-electron chi connectivity index (χ4n) is 3.94. The van der Waals surface area contributed by atoms with Crippen molar-refractivity contribution in [1.82, 2.24) is 0 Å². The van der Waals surface area contributed by atoms with Crippen molar-refractivity contribution < 1.29 is 14.7 Å². The van der Waals surface area contributed by atoms with E-state index in [1.165, 1.54) is 16.7 Å². The molecule has 0 amide bonds. The molecule has 2 rings (SSSR count). The van der Waals surface area contributed by atoms with Crippen LogP contribution in [0.4, 0.5) is 0 Å². The van der Waals surface area contributed by atoms with Crippen LogP contribution in [0.1, 0.15) is 71.9 Å². The maximum absolute atomic E-state index is 12.6. The van der Waals surface area contributed by atoms with Crippen molar-refractivity contribution in [3.63, 3.8) is 0 Å². The Morgan fingerprint density at radius 3 is 2.00 bits per heavy atom. The fraction of sp³-hybridized carbons (Fsp3) is 0.524. The van der Waals surface area contributed by atoms with Crippen LogP contribution in [0.5, 0.6) is 0 Å². The lowest BCUT2D eigenvalue weighted by molar-refractivity contribution is -0.124. The van der Waals surface area contributed by atoms with Crippen molar-refractivity contribution in [2.75, 3.05) is 0 Å². The molecule has 0 heterocycles. The standard InChI is InChI=1S/C21H28O3S/c1-6-7-17(22)21-18(23)8-15(9-19(21)24)20-14(5)12(3)11(2)13(4)16(20)10-25/h15,22,25H,6-10H2,1-5H3. The summed E-state index contributed by atoms with van der Waals surface area (Å²) in [4.78, 5) is 25.2. The maximum Gasteiger partial charge on any atom is 0.170 e. The van der Waals surface area contributed by atoms with E-state index in [-0.39, 0.29) is 41.7 Å². The summed E-state index contributed by atoms with van der Waals surface area (Å²) in [5.74, 6) is -0.0388. The third-order valence-corrected chi connectivity index (χ3v) is 5.95. The van der Waals surface area contributed by atoms with Crippen molar-refractivity contribution in [1.29, 1.82) is 0 Å². The SMILES string of the molecule is CCCC(O)=C1C(=O)CC(c2c(C)c(C)c(C)c(C)c2CS)CC1=O. The summed E-state index contributed by atoms with van der Waals surface area (Å²) in [6.45, 7) is 10.3. The number of rotatable bonds is 4. The Hall–Kier alpha value is -1.55. The maximum atomic E-state index is 12.6. The van der Waals surface area contributed by atoms with Gasteiger partial charge in [-0.3, -0.25) is 9.59 Å². The van der Waals surface area contributed by atoms with Gasteiger partial charge in [0.05, 0.1) is 5.57 Å². The number of benzene rings is 1. The summed E-state index contributed by atoms with van der Waals surface area (Å²) < 4.78 is 0. The zero-order valence-corrected chi connectivity index (χ0v) is 16.7. The number of aliphatic hydroxyl groups is 1. The molecule has 136 valence electrons. The average molecular weight is 361 g/mol. The molecule has 0 aromatic heterocycles. The van der Waals surface area contributed by atoms with Gasteiger partial charge < -0.3 is 5.11 Å². The van der Waals surface area contributed by atoms with Gasteiger partial charge in [-0.2, -0.15) is 12.6 Å². The molecule has 0 saturated heterocycles. The molecule has 25 heavy (non-hydrogen) atoms. The monoisotopic (exact) mass is 360 g/mol. The summed E-state index contributed by atoms with van der Waals surface area (Å²) in [5.41, 5.74) is 7.09. The van der Waals surface area contributed by atoms with E-state index < -0.39 is 0 Å². The molecule has 1 saturated carbocycles. The quantitative estimate of drug-likeness (QED) is 0.345. The number of carbonyl (C=O) groups excluding carboxylic acids is 2. The number of hydrogen-bond acceptors (Lipinski definition) is 4. The molecule has 0 bridgehead atoms. The summed E-state index contributed by atoms with van der Waals surface area (Å²) in [6.07, 6.45) is 1.64. The van der Waals surface area contributed by atoms with E-state index >= 15 is 0 Å². The van der Waals surface area contributed by atoms with E-state index in [1.54, 1.807) is 0 Å². The van der Waals surface area contributed by atoms with Gasteiger partial charge in [0.15, 0.2) is 11.6 Å². The van der Waals surface area contributed by atoms with E-state index in [0.29, 0.717) is 18.6 Å². The average Bonchev–Trinajstić information content (AvgIpc) is 2.55. The summed E-state index contributed by atoms with van der Waals surface area (Å²) in [5, 5.41) is 10.1. The van der Waals surface area contributed by atoms with E-state index in [0.717, 1.165) is 16.7 Å². The highest BCUT2D eigenvalue weighted by molar-refractivity contribution is 7.79. The first kappa shape index (κ1) is 19.8. The number of ketones is 2. The Morgan fingerprint density at radius 2 is 1.52 bits per heavy atom. The Balaban J connectivity index is 2.52. The zero-order chi connectivity index (χ0) is 18.9. The third kappa shape index (κ3) is 3.55. The van der Waals surface area contributed by atoms with E-state index in [4.69, 9.17) is 0 Å². The molecular weight excluding hydrogens is 332 g/mol. The van der Waals surface area contributed by atoms with Crippen molar-refractivity contribution in [3.05, 3.63) is 44.7 Å². The Labute approximate surface area is 155 Å². The Kier molecular flexibility index (Phi) is 6.15. The van der Waals surface area contributed by atoms with Gasteiger partial charge >= 0.3 is 0 Å². The predicted octanol–water partition coefficient (Wildman–Crippen LogP) is 4.98. The van der Waals surface area contributed by atoms with Gasteiger partial charge in [0.2, 0.25) is 0 Å². The van der Waals surface area contributed by atoms with Gasteiger partial charge in [0.1, 0.15) is 5.76 Å². The van der Waals surface area contributed by atoms with Gasteiger partial charge in [-0.15, -0.1) is 0 Å². The van der Waals surface area contributed by atoms with E-state index in [1.807, 2.05) is 6.92 Å². The van der Waals surface area contributed by atoms with E-state index in [2.05, 4.69) is 40.3 Å². The van der Waals surface area contributed by atoms with Crippen LogP contribution in [0.2, 0.25) is 0 Å².